The van der Waals surface area contributed by atoms with Crippen LogP contribution in [0.2, 0.25) is 0 Å². The van der Waals surface area contributed by atoms with Gasteiger partial charge in [0.1, 0.15) is 0 Å². The fourth-order valence-electron chi connectivity index (χ4n) is 1.84. The highest BCUT2D eigenvalue weighted by Crippen LogP contribution is 2.06. The summed E-state index contributed by atoms with van der Waals surface area (Å²) in [6, 6.07) is 16.4. The molecule has 1 N–H and O–H groups in total. The Morgan fingerprint density at radius 3 is 2.18 bits per heavy atom. The molecule has 1 heterocycles. The van der Waals surface area contributed by atoms with E-state index in [0.29, 0.717) is 6.42 Å². The van der Waals surface area contributed by atoms with Gasteiger partial charge in [-0.3, -0.25) is 4.98 Å². The molecular weight excluding hydrogens is 210 g/mol. The Morgan fingerprint density at radius 1 is 0.765 bits per heavy atom. The van der Waals surface area contributed by atoms with E-state index < -0.39 is 0 Å². The molecule has 0 spiro atoms. The van der Waals surface area contributed by atoms with Crippen molar-refractivity contribution in [3.05, 3.63) is 65.5 Å². The minimum Gasteiger partial charge on any atom is -0.396 e. The maximum absolute atomic E-state index is 8.88. The molecule has 0 atom stereocenters. The van der Waals surface area contributed by atoms with Crippen LogP contribution in [0.5, 0.6) is 0 Å². The number of hydrogen-bond donors (Lipinski definition) is 1. The smallest absolute Gasteiger partial charge is 0.0486 e. The van der Waals surface area contributed by atoms with Gasteiger partial charge >= 0.3 is 0 Å². The summed E-state index contributed by atoms with van der Waals surface area (Å²) in [6.45, 7) is 0.162. The monoisotopic (exact) mass is 227 g/mol. The van der Waals surface area contributed by atoms with Crippen LogP contribution in [-0.4, -0.2) is 16.7 Å². The van der Waals surface area contributed by atoms with E-state index in [1.165, 1.54) is 5.56 Å². The van der Waals surface area contributed by atoms with E-state index in [0.717, 1.165) is 24.2 Å². The predicted octanol–water partition coefficient (Wildman–Crippen LogP) is 2.40. The molecule has 0 aliphatic heterocycles. The Kier molecular flexibility index (Phi) is 4.28. The number of aromatic nitrogens is 1. The van der Waals surface area contributed by atoms with Crippen molar-refractivity contribution in [3.8, 4) is 0 Å². The molecule has 1 aromatic heterocycles. The standard InChI is InChI=1S/C15H17NO/c17-12-11-15-8-4-7-14(16-15)10-9-13-5-2-1-3-6-13/h1-8,17H,9-12H2. The van der Waals surface area contributed by atoms with Gasteiger partial charge in [0, 0.05) is 24.4 Å². The van der Waals surface area contributed by atoms with Gasteiger partial charge in [0.2, 0.25) is 0 Å². The summed E-state index contributed by atoms with van der Waals surface area (Å²) in [4.78, 5) is 4.52. The summed E-state index contributed by atoms with van der Waals surface area (Å²) in [6.07, 6.45) is 2.60. The van der Waals surface area contributed by atoms with E-state index in [1.807, 2.05) is 24.3 Å². The number of benzene rings is 1. The molecule has 0 saturated carbocycles. The van der Waals surface area contributed by atoms with Crippen LogP contribution in [0.3, 0.4) is 0 Å². The number of aliphatic hydroxyl groups is 1. The lowest BCUT2D eigenvalue weighted by molar-refractivity contribution is 0.298. The molecule has 2 heteroatoms. The molecule has 0 amide bonds. The van der Waals surface area contributed by atoms with E-state index in [2.05, 4.69) is 29.2 Å². The van der Waals surface area contributed by atoms with Gasteiger partial charge in [0.05, 0.1) is 0 Å². The van der Waals surface area contributed by atoms with Gasteiger partial charge in [-0.05, 0) is 30.5 Å². The number of aryl methyl sites for hydroxylation is 2. The molecule has 88 valence electrons. The number of pyridine rings is 1. The summed E-state index contributed by atoms with van der Waals surface area (Å²) in [5.74, 6) is 0. The quantitative estimate of drug-likeness (QED) is 0.851. The Morgan fingerprint density at radius 2 is 1.47 bits per heavy atom. The lowest BCUT2D eigenvalue weighted by Crippen LogP contribution is -1.99. The molecular formula is C15H17NO. The molecule has 0 aliphatic rings. The Balaban J connectivity index is 1.97. The van der Waals surface area contributed by atoms with Gasteiger partial charge in [-0.2, -0.15) is 0 Å². The van der Waals surface area contributed by atoms with E-state index in [9.17, 15) is 0 Å². The highest BCUT2D eigenvalue weighted by atomic mass is 16.3. The molecule has 2 aromatic rings. The number of aliphatic hydroxyl groups excluding tert-OH is 1. The van der Waals surface area contributed by atoms with Gasteiger partial charge in [-0.1, -0.05) is 36.4 Å². The Labute approximate surface area is 102 Å². The van der Waals surface area contributed by atoms with Gasteiger partial charge in [0.25, 0.3) is 0 Å². The molecule has 0 unspecified atom stereocenters. The first-order valence-corrected chi connectivity index (χ1v) is 5.98. The van der Waals surface area contributed by atoms with Crippen molar-refractivity contribution in [2.45, 2.75) is 19.3 Å². The average molecular weight is 227 g/mol. The highest BCUT2D eigenvalue weighted by molar-refractivity contribution is 5.17. The zero-order valence-corrected chi connectivity index (χ0v) is 9.84. The molecule has 0 fully saturated rings. The molecule has 2 rings (SSSR count). The third kappa shape index (κ3) is 3.68. The third-order valence-corrected chi connectivity index (χ3v) is 2.75. The molecule has 0 aliphatic carbocycles. The summed E-state index contributed by atoms with van der Waals surface area (Å²) in [7, 11) is 0. The maximum atomic E-state index is 8.88. The second kappa shape index (κ2) is 6.16. The SMILES string of the molecule is OCCc1cccc(CCc2ccccc2)n1. The van der Waals surface area contributed by atoms with Crippen LogP contribution in [0.15, 0.2) is 48.5 Å². The summed E-state index contributed by atoms with van der Waals surface area (Å²) in [5, 5.41) is 8.88. The fourth-order valence-corrected chi connectivity index (χ4v) is 1.84. The van der Waals surface area contributed by atoms with Crippen LogP contribution >= 0.6 is 0 Å². The van der Waals surface area contributed by atoms with Crippen LogP contribution in [0.25, 0.3) is 0 Å². The van der Waals surface area contributed by atoms with Crippen molar-refractivity contribution in [2.24, 2.45) is 0 Å². The first-order chi connectivity index (χ1) is 8.38. The molecule has 2 nitrogen and oxygen atoms in total. The van der Waals surface area contributed by atoms with Crippen molar-refractivity contribution in [1.82, 2.24) is 4.98 Å². The van der Waals surface area contributed by atoms with Crippen LogP contribution in [0, 0.1) is 0 Å². The van der Waals surface area contributed by atoms with E-state index in [1.54, 1.807) is 0 Å². The average Bonchev–Trinajstić information content (AvgIpc) is 2.39. The van der Waals surface area contributed by atoms with Gasteiger partial charge < -0.3 is 5.11 Å². The van der Waals surface area contributed by atoms with Crippen LogP contribution < -0.4 is 0 Å². The summed E-state index contributed by atoms with van der Waals surface area (Å²) in [5.41, 5.74) is 3.40. The van der Waals surface area contributed by atoms with Crippen LogP contribution in [0.4, 0.5) is 0 Å². The predicted molar refractivity (Wildman–Crippen MR) is 68.9 cm³/mol. The van der Waals surface area contributed by atoms with Gasteiger partial charge in [0.15, 0.2) is 0 Å². The molecule has 1 aromatic carbocycles. The topological polar surface area (TPSA) is 33.1 Å². The van der Waals surface area contributed by atoms with Gasteiger partial charge in [-0.25, -0.2) is 0 Å². The van der Waals surface area contributed by atoms with Crippen molar-refractivity contribution >= 4 is 0 Å². The second-order valence-corrected chi connectivity index (χ2v) is 4.08. The minimum absolute atomic E-state index is 0.162. The normalized spacial score (nSPS) is 10.4. The summed E-state index contributed by atoms with van der Waals surface area (Å²) >= 11 is 0. The minimum atomic E-state index is 0.162. The Hall–Kier alpha value is -1.67. The van der Waals surface area contributed by atoms with Gasteiger partial charge in [-0.15, -0.1) is 0 Å². The highest BCUT2D eigenvalue weighted by Gasteiger charge is 1.99. The molecule has 0 radical (unpaired) electrons. The van der Waals surface area contributed by atoms with Crippen LogP contribution in [-0.2, 0) is 19.3 Å². The third-order valence-electron chi connectivity index (χ3n) is 2.75. The van der Waals surface area contributed by atoms with E-state index >= 15 is 0 Å². The lowest BCUT2D eigenvalue weighted by Gasteiger charge is -2.03. The second-order valence-electron chi connectivity index (χ2n) is 4.08. The van der Waals surface area contributed by atoms with Crippen molar-refractivity contribution in [2.75, 3.05) is 6.61 Å². The lowest BCUT2D eigenvalue weighted by atomic mass is 10.1. The first kappa shape index (κ1) is 11.8. The fraction of sp³-hybridized carbons (Fsp3) is 0.267. The number of nitrogens with zero attached hydrogens (tertiary/aromatic N) is 1. The zero-order chi connectivity index (χ0) is 11.9. The van der Waals surface area contributed by atoms with Crippen LogP contribution in [0.1, 0.15) is 17.0 Å². The molecule has 17 heavy (non-hydrogen) atoms. The number of hydrogen-bond acceptors (Lipinski definition) is 2. The van der Waals surface area contributed by atoms with Crippen molar-refractivity contribution in [3.63, 3.8) is 0 Å². The maximum Gasteiger partial charge on any atom is 0.0486 e. The van der Waals surface area contributed by atoms with E-state index in [-0.39, 0.29) is 6.61 Å². The van der Waals surface area contributed by atoms with Crippen molar-refractivity contribution < 1.29 is 5.11 Å². The van der Waals surface area contributed by atoms with Crippen molar-refractivity contribution in [1.29, 1.82) is 0 Å². The molecule has 0 saturated heterocycles. The summed E-state index contributed by atoms with van der Waals surface area (Å²) < 4.78 is 0. The molecule has 0 bridgehead atoms. The largest absolute Gasteiger partial charge is 0.396 e. The zero-order valence-electron chi connectivity index (χ0n) is 9.84. The number of rotatable bonds is 5. The Bertz CT molecular complexity index is 453. The first-order valence-electron chi connectivity index (χ1n) is 5.98. The van der Waals surface area contributed by atoms with E-state index in [4.69, 9.17) is 5.11 Å².